The Labute approximate surface area is 81.1 Å². The molecule has 1 aromatic rings. The Hall–Kier alpha value is -1.78. The number of esters is 1. The molecule has 1 aromatic heterocycles. The number of aromatic nitrogens is 2. The lowest BCUT2D eigenvalue weighted by molar-refractivity contribution is -0.139. The van der Waals surface area contributed by atoms with Crippen molar-refractivity contribution in [3.05, 3.63) is 23.8 Å². The van der Waals surface area contributed by atoms with Crippen LogP contribution in [0, 0.1) is 6.92 Å². The summed E-state index contributed by atoms with van der Waals surface area (Å²) in [7, 11) is 1.24. The lowest BCUT2D eigenvalue weighted by Crippen LogP contribution is -2.11. The van der Waals surface area contributed by atoms with Gasteiger partial charge in [0, 0.05) is 5.69 Å². The molecule has 0 fully saturated rings. The van der Waals surface area contributed by atoms with Crippen LogP contribution in [0.15, 0.2) is 12.4 Å². The van der Waals surface area contributed by atoms with E-state index in [4.69, 9.17) is 0 Å². The molecule has 0 saturated heterocycles. The highest BCUT2D eigenvalue weighted by Crippen LogP contribution is 2.01. The summed E-state index contributed by atoms with van der Waals surface area (Å²) in [4.78, 5) is 29.8. The minimum atomic E-state index is -0.564. The van der Waals surface area contributed by atoms with E-state index in [1.807, 2.05) is 0 Å². The van der Waals surface area contributed by atoms with Gasteiger partial charge >= 0.3 is 5.97 Å². The lowest BCUT2D eigenvalue weighted by Gasteiger charge is -1.99. The van der Waals surface area contributed by atoms with Crippen molar-refractivity contribution in [1.29, 1.82) is 0 Å². The van der Waals surface area contributed by atoms with Crippen molar-refractivity contribution in [2.45, 2.75) is 13.3 Å². The summed E-state index contributed by atoms with van der Waals surface area (Å²) in [5.74, 6) is -0.923. The maximum absolute atomic E-state index is 11.4. The number of carbonyl (C=O) groups excluding carboxylic acids is 2. The Morgan fingerprint density at radius 1 is 1.43 bits per heavy atom. The molecule has 0 aliphatic rings. The second-order valence-electron chi connectivity index (χ2n) is 2.72. The molecule has 0 bridgehead atoms. The van der Waals surface area contributed by atoms with Gasteiger partial charge in [-0.15, -0.1) is 0 Å². The first-order valence-corrected chi connectivity index (χ1v) is 4.02. The van der Waals surface area contributed by atoms with Crippen molar-refractivity contribution in [2.24, 2.45) is 0 Å². The molecule has 0 N–H and O–H groups in total. The number of rotatable bonds is 3. The number of carbonyl (C=O) groups is 2. The van der Waals surface area contributed by atoms with Gasteiger partial charge in [0.1, 0.15) is 18.4 Å². The standard InChI is InChI=1S/C9H10N2O3/c1-6-3-7(11-5-10-6)8(12)4-9(13)14-2/h3,5H,4H2,1-2H3. The van der Waals surface area contributed by atoms with Crippen molar-refractivity contribution >= 4 is 11.8 Å². The van der Waals surface area contributed by atoms with Gasteiger partial charge in [-0.3, -0.25) is 9.59 Å². The predicted molar refractivity (Wildman–Crippen MR) is 47.7 cm³/mol. The zero-order valence-electron chi connectivity index (χ0n) is 7.98. The predicted octanol–water partition coefficient (Wildman–Crippen LogP) is 0.531. The average Bonchev–Trinajstić information content (AvgIpc) is 2.17. The topological polar surface area (TPSA) is 69.2 Å². The van der Waals surface area contributed by atoms with Gasteiger partial charge in [-0.25, -0.2) is 9.97 Å². The highest BCUT2D eigenvalue weighted by atomic mass is 16.5. The molecule has 0 aromatic carbocycles. The van der Waals surface area contributed by atoms with Crippen molar-refractivity contribution in [2.75, 3.05) is 7.11 Å². The first-order valence-electron chi connectivity index (χ1n) is 4.02. The van der Waals surface area contributed by atoms with Crippen LogP contribution in [0.5, 0.6) is 0 Å². The Morgan fingerprint density at radius 2 is 2.14 bits per heavy atom. The number of aryl methyl sites for hydroxylation is 1. The third-order valence-electron chi connectivity index (χ3n) is 1.62. The zero-order valence-corrected chi connectivity index (χ0v) is 7.98. The fraction of sp³-hybridized carbons (Fsp3) is 0.333. The summed E-state index contributed by atoms with van der Waals surface area (Å²) < 4.78 is 4.37. The van der Waals surface area contributed by atoms with Gasteiger partial charge in [0.2, 0.25) is 0 Å². The summed E-state index contributed by atoms with van der Waals surface area (Å²) in [5, 5.41) is 0. The summed E-state index contributed by atoms with van der Waals surface area (Å²) in [6, 6.07) is 1.53. The van der Waals surface area contributed by atoms with Crippen LogP contribution in [0.4, 0.5) is 0 Å². The third-order valence-corrected chi connectivity index (χ3v) is 1.62. The Morgan fingerprint density at radius 3 is 2.71 bits per heavy atom. The van der Waals surface area contributed by atoms with E-state index < -0.39 is 5.97 Å². The molecule has 0 spiro atoms. The van der Waals surface area contributed by atoms with Gasteiger partial charge in [-0.2, -0.15) is 0 Å². The number of ether oxygens (including phenoxy) is 1. The van der Waals surface area contributed by atoms with Crippen LogP contribution in [0.25, 0.3) is 0 Å². The number of ketones is 1. The molecule has 0 atom stereocenters. The molecule has 74 valence electrons. The molecule has 0 radical (unpaired) electrons. The molecule has 0 saturated carbocycles. The monoisotopic (exact) mass is 194 g/mol. The molecule has 1 rings (SSSR count). The van der Waals surface area contributed by atoms with Crippen LogP contribution >= 0.6 is 0 Å². The van der Waals surface area contributed by atoms with Gasteiger partial charge in [-0.05, 0) is 13.0 Å². The largest absolute Gasteiger partial charge is 0.469 e. The van der Waals surface area contributed by atoms with Crippen molar-refractivity contribution in [3.63, 3.8) is 0 Å². The number of Topliss-reactive ketones (excluding diaryl/α,β-unsaturated/α-hetero) is 1. The first-order chi connectivity index (χ1) is 6.63. The minimum absolute atomic E-state index is 0.239. The number of nitrogens with zero attached hydrogens (tertiary/aromatic N) is 2. The maximum Gasteiger partial charge on any atom is 0.313 e. The molecule has 0 aliphatic heterocycles. The summed E-state index contributed by atoms with van der Waals surface area (Å²) in [6.07, 6.45) is 1.01. The van der Waals surface area contributed by atoms with Crippen molar-refractivity contribution in [1.82, 2.24) is 9.97 Å². The van der Waals surface area contributed by atoms with Gasteiger partial charge in [0.15, 0.2) is 5.78 Å². The Balaban J connectivity index is 2.75. The SMILES string of the molecule is COC(=O)CC(=O)c1cc(C)ncn1. The number of hydrogen-bond donors (Lipinski definition) is 0. The minimum Gasteiger partial charge on any atom is -0.469 e. The second-order valence-corrected chi connectivity index (χ2v) is 2.72. The molecule has 1 heterocycles. The van der Waals surface area contributed by atoms with Crippen LogP contribution in [-0.4, -0.2) is 28.8 Å². The first kappa shape index (κ1) is 10.3. The molecular weight excluding hydrogens is 184 g/mol. The fourth-order valence-corrected chi connectivity index (χ4v) is 0.901. The van der Waals surface area contributed by atoms with Crippen LogP contribution < -0.4 is 0 Å². The molecule has 0 aliphatic carbocycles. The smallest absolute Gasteiger partial charge is 0.313 e. The fourth-order valence-electron chi connectivity index (χ4n) is 0.901. The van der Waals surface area contributed by atoms with E-state index in [1.165, 1.54) is 19.5 Å². The quantitative estimate of drug-likeness (QED) is 0.399. The zero-order chi connectivity index (χ0) is 10.6. The Kier molecular flexibility index (Phi) is 3.28. The van der Waals surface area contributed by atoms with E-state index in [0.29, 0.717) is 5.69 Å². The molecule has 5 nitrogen and oxygen atoms in total. The van der Waals surface area contributed by atoms with Crippen LogP contribution in [0.3, 0.4) is 0 Å². The van der Waals surface area contributed by atoms with Crippen molar-refractivity contribution < 1.29 is 14.3 Å². The molecular formula is C9H10N2O3. The molecule has 0 unspecified atom stereocenters. The van der Waals surface area contributed by atoms with Crippen LogP contribution in [-0.2, 0) is 9.53 Å². The average molecular weight is 194 g/mol. The van der Waals surface area contributed by atoms with E-state index in [-0.39, 0.29) is 17.9 Å². The maximum atomic E-state index is 11.4. The van der Waals surface area contributed by atoms with E-state index in [9.17, 15) is 9.59 Å². The van der Waals surface area contributed by atoms with E-state index >= 15 is 0 Å². The van der Waals surface area contributed by atoms with Crippen molar-refractivity contribution in [3.8, 4) is 0 Å². The highest BCUT2D eigenvalue weighted by molar-refractivity contribution is 6.04. The second kappa shape index (κ2) is 4.45. The van der Waals surface area contributed by atoms with Gasteiger partial charge in [-0.1, -0.05) is 0 Å². The molecule has 5 heteroatoms. The van der Waals surface area contributed by atoms with Crippen LogP contribution in [0.1, 0.15) is 22.6 Å². The number of methoxy groups -OCH3 is 1. The van der Waals surface area contributed by atoms with Crippen LogP contribution in [0.2, 0.25) is 0 Å². The van der Waals surface area contributed by atoms with E-state index in [0.717, 1.165) is 0 Å². The van der Waals surface area contributed by atoms with Gasteiger partial charge < -0.3 is 4.74 Å². The molecule has 14 heavy (non-hydrogen) atoms. The summed E-state index contributed by atoms with van der Waals surface area (Å²) >= 11 is 0. The summed E-state index contributed by atoms with van der Waals surface area (Å²) in [5.41, 5.74) is 0.927. The summed E-state index contributed by atoms with van der Waals surface area (Å²) in [6.45, 7) is 1.75. The Bertz CT molecular complexity index is 363. The normalized spacial score (nSPS) is 9.57. The number of hydrogen-bond acceptors (Lipinski definition) is 5. The van der Waals surface area contributed by atoms with E-state index in [2.05, 4.69) is 14.7 Å². The lowest BCUT2D eigenvalue weighted by atomic mass is 10.2. The molecule has 0 amide bonds. The third kappa shape index (κ3) is 2.62. The highest BCUT2D eigenvalue weighted by Gasteiger charge is 2.13. The van der Waals surface area contributed by atoms with Gasteiger partial charge in [0.25, 0.3) is 0 Å². The van der Waals surface area contributed by atoms with Gasteiger partial charge in [0.05, 0.1) is 7.11 Å². The van der Waals surface area contributed by atoms with E-state index in [1.54, 1.807) is 6.92 Å².